The zero-order chi connectivity index (χ0) is 30.8. The molecule has 12 nitrogen and oxygen atoms in total. The van der Waals surface area contributed by atoms with Crippen LogP contribution in [0.1, 0.15) is 54.5 Å². The van der Waals surface area contributed by atoms with Crippen LogP contribution in [-0.2, 0) is 14.8 Å². The molecular weight excluding hydrogens is 609 g/mol. The Hall–Kier alpha value is -3.81. The first-order valence-corrected chi connectivity index (χ1v) is 15.0. The van der Waals surface area contributed by atoms with Crippen LogP contribution in [-0.4, -0.2) is 70.3 Å². The molecule has 0 unspecified atom stereocenters. The van der Waals surface area contributed by atoms with Gasteiger partial charge in [-0.25, -0.2) is 4.79 Å². The number of hydrogen-bond donors (Lipinski definition) is 3. The Labute approximate surface area is 252 Å². The summed E-state index contributed by atoms with van der Waals surface area (Å²) in [5, 5.41) is 19.0. The molecular formula is C27H29Cl2N5O7S. The van der Waals surface area contributed by atoms with E-state index in [1.807, 2.05) is 0 Å². The number of piperidine rings is 1. The number of phenols is 1. The number of halogens is 2. The molecule has 1 aromatic heterocycles. The first-order valence-electron chi connectivity index (χ1n) is 12.8. The molecule has 1 aliphatic heterocycles. The normalized spacial score (nSPS) is 14.4. The highest BCUT2D eigenvalue weighted by atomic mass is 35.5. The number of amides is 3. The molecule has 2 heterocycles. The van der Waals surface area contributed by atoms with E-state index in [9.17, 15) is 27.9 Å². The van der Waals surface area contributed by atoms with E-state index in [1.165, 1.54) is 36.4 Å². The Morgan fingerprint density at radius 1 is 1.00 bits per heavy atom. The number of likely N-dealkylation sites (tertiary alicyclic amines) is 1. The monoisotopic (exact) mass is 637 g/mol. The summed E-state index contributed by atoms with van der Waals surface area (Å²) in [6, 6.07) is 8.83. The minimum atomic E-state index is -4.32. The van der Waals surface area contributed by atoms with Crippen molar-refractivity contribution < 1.29 is 32.6 Å². The lowest BCUT2D eigenvalue weighted by Gasteiger charge is -2.33. The molecule has 0 atom stereocenters. The molecule has 1 aliphatic rings. The maximum Gasteiger partial charge on any atom is 0.410 e. The lowest BCUT2D eigenvalue weighted by atomic mass is 10.1. The Balaban J connectivity index is 1.59. The molecule has 1 saturated heterocycles. The van der Waals surface area contributed by atoms with Crippen LogP contribution in [0.5, 0.6) is 5.75 Å². The Morgan fingerprint density at radius 2 is 1.60 bits per heavy atom. The largest absolute Gasteiger partial charge is 0.508 e. The number of rotatable bonds is 6. The second-order valence-corrected chi connectivity index (χ2v) is 13.1. The zero-order valence-corrected chi connectivity index (χ0v) is 25.3. The molecule has 15 heteroatoms. The maximum absolute atomic E-state index is 13.4. The Kier molecular flexibility index (Phi) is 9.04. The van der Waals surface area contributed by atoms with Crippen molar-refractivity contribution in [3.05, 3.63) is 70.0 Å². The van der Waals surface area contributed by atoms with Crippen LogP contribution >= 0.6 is 23.2 Å². The average molecular weight is 639 g/mol. The molecule has 0 radical (unpaired) electrons. The maximum atomic E-state index is 13.4. The van der Waals surface area contributed by atoms with Crippen molar-refractivity contribution in [2.75, 3.05) is 18.4 Å². The predicted octanol–water partition coefficient (Wildman–Crippen LogP) is 4.51. The van der Waals surface area contributed by atoms with Gasteiger partial charge in [-0.15, -0.1) is 0 Å². The van der Waals surface area contributed by atoms with E-state index in [0.717, 1.165) is 6.20 Å². The molecule has 1 fully saturated rings. The molecule has 0 spiro atoms. The summed E-state index contributed by atoms with van der Waals surface area (Å²) >= 11 is 12.3. The Morgan fingerprint density at radius 3 is 2.17 bits per heavy atom. The number of nitrogens with zero attached hydrogens (tertiary/aromatic N) is 3. The average Bonchev–Trinajstić information content (AvgIpc) is 3.33. The highest BCUT2D eigenvalue weighted by Gasteiger charge is 2.31. The van der Waals surface area contributed by atoms with Crippen molar-refractivity contribution in [2.24, 2.45) is 0 Å². The number of nitrogens with one attached hydrogen (secondary N) is 2. The summed E-state index contributed by atoms with van der Waals surface area (Å²) < 4.78 is 32.5. The molecule has 42 heavy (non-hydrogen) atoms. The number of benzene rings is 2. The lowest BCUT2D eigenvalue weighted by molar-refractivity contribution is 0.0199. The quantitative estimate of drug-likeness (QED) is 0.356. The smallest absolute Gasteiger partial charge is 0.410 e. The van der Waals surface area contributed by atoms with E-state index >= 15 is 0 Å². The van der Waals surface area contributed by atoms with Gasteiger partial charge < -0.3 is 25.4 Å². The first-order chi connectivity index (χ1) is 19.7. The highest BCUT2D eigenvalue weighted by molar-refractivity contribution is 7.89. The SMILES string of the molecule is CC(C)(C)OC(=O)N1CCC(NC(=O)c2nn(S(=O)(=O)c3ccc(O)cc3)cc2NC(=O)c2c(Cl)cccc2Cl)CC1. The van der Waals surface area contributed by atoms with Gasteiger partial charge in [0.2, 0.25) is 0 Å². The summed E-state index contributed by atoms with van der Waals surface area (Å²) in [6.07, 6.45) is 1.36. The second-order valence-electron chi connectivity index (χ2n) is 10.5. The van der Waals surface area contributed by atoms with Crippen LogP contribution in [0.15, 0.2) is 53.6 Å². The Bertz CT molecular complexity index is 1590. The van der Waals surface area contributed by atoms with Gasteiger partial charge in [-0.1, -0.05) is 29.3 Å². The third-order valence-corrected chi connectivity index (χ3v) is 8.39. The molecule has 224 valence electrons. The highest BCUT2D eigenvalue weighted by Crippen LogP contribution is 2.27. The topological polar surface area (TPSA) is 160 Å². The first kappa shape index (κ1) is 31.1. The van der Waals surface area contributed by atoms with Crippen LogP contribution in [0.4, 0.5) is 10.5 Å². The third kappa shape index (κ3) is 7.15. The summed E-state index contributed by atoms with van der Waals surface area (Å²) in [5.74, 6) is -1.67. The van der Waals surface area contributed by atoms with Crippen LogP contribution < -0.4 is 10.6 Å². The van der Waals surface area contributed by atoms with E-state index in [-0.39, 0.29) is 43.7 Å². The minimum absolute atomic E-state index is 0.0480. The lowest BCUT2D eigenvalue weighted by Crippen LogP contribution is -2.48. The van der Waals surface area contributed by atoms with Gasteiger partial charge in [0.25, 0.3) is 21.8 Å². The van der Waals surface area contributed by atoms with E-state index in [1.54, 1.807) is 31.7 Å². The van der Waals surface area contributed by atoms with Crippen molar-refractivity contribution >= 4 is 56.8 Å². The minimum Gasteiger partial charge on any atom is -0.508 e. The summed E-state index contributed by atoms with van der Waals surface area (Å²) in [6.45, 7) is 5.98. The fourth-order valence-electron chi connectivity index (χ4n) is 4.15. The molecule has 3 N–H and O–H groups in total. The van der Waals surface area contributed by atoms with Gasteiger partial charge in [-0.05, 0) is 70.0 Å². The van der Waals surface area contributed by atoms with Gasteiger partial charge >= 0.3 is 6.09 Å². The van der Waals surface area contributed by atoms with Crippen LogP contribution in [0.3, 0.4) is 0 Å². The number of carbonyl (C=O) groups excluding carboxylic acids is 3. The predicted molar refractivity (Wildman–Crippen MR) is 156 cm³/mol. The van der Waals surface area contributed by atoms with Gasteiger partial charge in [0.05, 0.1) is 32.4 Å². The standard InChI is InChI=1S/C27H29Cl2N5O7S/c1-27(2,3)41-26(38)33-13-11-16(12-14-33)30-25(37)23-21(31-24(36)22-19(28)5-4-6-20(22)29)15-34(32-23)42(39,40)18-9-7-17(35)8-10-18/h4-10,15-16,35H,11-14H2,1-3H3,(H,30,37)(H,31,36). The van der Waals surface area contributed by atoms with Crippen LogP contribution in [0, 0.1) is 0 Å². The number of phenolic OH excluding ortho intramolecular Hbond substituents is 1. The van der Waals surface area contributed by atoms with Gasteiger partial charge in [0, 0.05) is 19.1 Å². The molecule has 0 aliphatic carbocycles. The number of ether oxygens (including phenoxy) is 1. The number of aromatic hydroxyl groups is 1. The van der Waals surface area contributed by atoms with Crippen LogP contribution in [0.2, 0.25) is 10.0 Å². The van der Waals surface area contributed by atoms with E-state index in [4.69, 9.17) is 27.9 Å². The van der Waals surface area contributed by atoms with Crippen molar-refractivity contribution in [1.29, 1.82) is 0 Å². The van der Waals surface area contributed by atoms with Crippen molar-refractivity contribution in [1.82, 2.24) is 19.4 Å². The summed E-state index contributed by atoms with van der Waals surface area (Å²) in [7, 11) is -4.32. The fraction of sp³-hybridized carbons (Fsp3) is 0.333. The van der Waals surface area contributed by atoms with E-state index in [0.29, 0.717) is 30.0 Å². The van der Waals surface area contributed by atoms with Gasteiger partial charge in [0.1, 0.15) is 11.4 Å². The molecule has 4 rings (SSSR count). The van der Waals surface area contributed by atoms with E-state index in [2.05, 4.69) is 15.7 Å². The van der Waals surface area contributed by atoms with E-state index < -0.39 is 33.5 Å². The molecule has 0 saturated carbocycles. The summed E-state index contributed by atoms with van der Waals surface area (Å²) in [5.41, 5.74) is -1.29. The van der Waals surface area contributed by atoms with Gasteiger partial charge in [-0.2, -0.15) is 17.6 Å². The molecule has 2 aromatic carbocycles. The second kappa shape index (κ2) is 12.2. The van der Waals surface area contributed by atoms with Crippen LogP contribution in [0.25, 0.3) is 0 Å². The number of hydrogen-bond acceptors (Lipinski definition) is 8. The molecule has 0 bridgehead atoms. The third-order valence-electron chi connectivity index (χ3n) is 6.21. The number of carbonyl (C=O) groups is 3. The zero-order valence-electron chi connectivity index (χ0n) is 22.9. The summed E-state index contributed by atoms with van der Waals surface area (Å²) in [4.78, 5) is 40.2. The molecule has 3 aromatic rings. The van der Waals surface area contributed by atoms with Crippen molar-refractivity contribution in [3.63, 3.8) is 0 Å². The fourth-order valence-corrected chi connectivity index (χ4v) is 5.85. The van der Waals surface area contributed by atoms with Gasteiger partial charge in [0.15, 0.2) is 5.69 Å². The number of aromatic nitrogens is 2. The van der Waals surface area contributed by atoms with Gasteiger partial charge in [-0.3, -0.25) is 9.59 Å². The van der Waals surface area contributed by atoms with Crippen molar-refractivity contribution in [2.45, 2.75) is 50.2 Å². The van der Waals surface area contributed by atoms with Crippen molar-refractivity contribution in [3.8, 4) is 5.75 Å². The number of anilines is 1. The molecule has 3 amide bonds.